The van der Waals surface area contributed by atoms with Crippen molar-refractivity contribution in [1.29, 1.82) is 0 Å². The topological polar surface area (TPSA) is 134 Å². The lowest BCUT2D eigenvalue weighted by atomic mass is 9.43. The molecule has 2 aromatic carbocycles. The highest BCUT2D eigenvalue weighted by molar-refractivity contribution is 5.75. The van der Waals surface area contributed by atoms with Crippen LogP contribution >= 0.6 is 0 Å². The quantitative estimate of drug-likeness (QED) is 0.204. The van der Waals surface area contributed by atoms with E-state index < -0.39 is 6.09 Å². The Bertz CT molecular complexity index is 1710. The van der Waals surface area contributed by atoms with Gasteiger partial charge in [-0.3, -0.25) is 4.79 Å². The molecule has 2 aromatic rings. The van der Waals surface area contributed by atoms with E-state index in [0.29, 0.717) is 78.9 Å². The first-order valence-electron chi connectivity index (χ1n) is 20.1. The monoisotopic (exact) mass is 761 g/mol. The number of hydrogen-bond acceptors (Lipinski definition) is 10. The van der Waals surface area contributed by atoms with Crippen LogP contribution in [0.5, 0.6) is 23.0 Å². The second-order valence-electron chi connectivity index (χ2n) is 17.8. The van der Waals surface area contributed by atoms with Gasteiger partial charge in [-0.1, -0.05) is 26.0 Å². The Morgan fingerprint density at radius 2 is 1.53 bits per heavy atom. The van der Waals surface area contributed by atoms with Crippen molar-refractivity contribution in [2.45, 2.75) is 83.6 Å². The summed E-state index contributed by atoms with van der Waals surface area (Å²) in [6, 6.07) is 11.1. The Balaban J connectivity index is 0.843. The van der Waals surface area contributed by atoms with Crippen molar-refractivity contribution in [3.05, 3.63) is 47.5 Å². The third-order valence-electron chi connectivity index (χ3n) is 12.9. The third-order valence-corrected chi connectivity index (χ3v) is 12.9. The number of hydrogen-bond donors (Lipinski definition) is 2. The molecule has 2 amide bonds. The van der Waals surface area contributed by atoms with Gasteiger partial charge in [0.2, 0.25) is 0 Å². The molecule has 2 saturated heterocycles. The van der Waals surface area contributed by atoms with E-state index in [-0.39, 0.29) is 35.4 Å². The zero-order valence-electron chi connectivity index (χ0n) is 33.2. The first kappa shape index (κ1) is 39.1. The van der Waals surface area contributed by atoms with Crippen LogP contribution < -0.4 is 29.6 Å². The Hall–Kier alpha value is -4.19. The number of methoxy groups -OCH3 is 3. The number of rotatable bonds is 14. The first-order valence-corrected chi connectivity index (χ1v) is 20.1. The fourth-order valence-electron chi connectivity index (χ4n) is 11.5. The standard InChI is InChI=1S/C43H59N3O9/c1-41-19-31-20-42(2,25-41)27-43(21-31,26-41)45-40(49)54-23-30-7-6-13-46(22-30)14-12-44-39(48)55-35-11-9-29(18-37(35)52-5)16-33-32(24-53-38(33)47)15-28-8-10-34(50-3)36(17-28)51-4/h8-11,17-18,30-33H,6-7,12-16,19-27H2,1-5H3,(H,44,48)(H,45,49)/t30-,31?,32-,33+,41?,42?,43?/m0/s1. The van der Waals surface area contributed by atoms with E-state index in [1.54, 1.807) is 20.3 Å². The molecule has 55 heavy (non-hydrogen) atoms. The van der Waals surface area contributed by atoms with Crippen LogP contribution in [0.25, 0.3) is 0 Å². The Labute approximate surface area is 325 Å². The molecule has 4 bridgehead atoms. The maximum Gasteiger partial charge on any atom is 0.412 e. The molecule has 0 aromatic heterocycles. The van der Waals surface area contributed by atoms with E-state index in [4.69, 9.17) is 28.4 Å². The van der Waals surface area contributed by atoms with Crippen LogP contribution in [0.4, 0.5) is 9.59 Å². The summed E-state index contributed by atoms with van der Waals surface area (Å²) in [6.45, 7) is 8.40. The van der Waals surface area contributed by atoms with Gasteiger partial charge in [0, 0.05) is 37.0 Å². The van der Waals surface area contributed by atoms with Gasteiger partial charge in [-0.15, -0.1) is 0 Å². The van der Waals surface area contributed by atoms with Gasteiger partial charge in [0.1, 0.15) is 0 Å². The normalized spacial score (nSPS) is 31.0. The lowest BCUT2D eigenvalue weighted by Crippen LogP contribution is -2.65. The largest absolute Gasteiger partial charge is 0.493 e. The summed E-state index contributed by atoms with van der Waals surface area (Å²) in [7, 11) is 4.73. The number of benzene rings is 2. The molecular formula is C43H59N3O9. The SMILES string of the molecule is COc1ccc(C[C@H]2COC(=O)[C@@H]2Cc2ccc(OC(=O)NCCN3CCC[C@H](COC(=O)NC45CC6CC(C)(CC(C)(C6)C4)C5)C3)c(OC)c2)cc1OC. The van der Waals surface area contributed by atoms with Gasteiger partial charge in [0.05, 0.1) is 40.5 Å². The maximum absolute atomic E-state index is 13.1. The maximum atomic E-state index is 13.1. The number of nitrogens with zero attached hydrogens (tertiary/aromatic N) is 1. The number of likely N-dealkylation sites (tertiary alicyclic amines) is 1. The summed E-state index contributed by atoms with van der Waals surface area (Å²) in [6.07, 6.45) is 9.37. The van der Waals surface area contributed by atoms with Gasteiger partial charge in [-0.05, 0) is 123 Å². The molecule has 6 aliphatic rings. The van der Waals surface area contributed by atoms with E-state index in [1.807, 2.05) is 30.3 Å². The van der Waals surface area contributed by atoms with Crippen molar-refractivity contribution in [1.82, 2.24) is 15.5 Å². The van der Waals surface area contributed by atoms with E-state index in [1.165, 1.54) is 26.4 Å². The number of nitrogens with one attached hydrogen (secondary N) is 2. The average Bonchev–Trinajstić information content (AvgIpc) is 3.47. The summed E-state index contributed by atoms with van der Waals surface area (Å²) in [5.74, 6) is 2.40. The summed E-state index contributed by atoms with van der Waals surface area (Å²) in [5.41, 5.74) is 2.45. The molecule has 4 aliphatic carbocycles. The number of piperidine rings is 1. The van der Waals surface area contributed by atoms with Crippen molar-refractivity contribution in [3.63, 3.8) is 0 Å². The lowest BCUT2D eigenvalue weighted by molar-refractivity contribution is -0.141. The Kier molecular flexibility index (Phi) is 11.4. The van der Waals surface area contributed by atoms with Crippen LogP contribution in [0.15, 0.2) is 36.4 Å². The molecule has 2 unspecified atom stereocenters. The first-order chi connectivity index (χ1) is 26.4. The molecule has 2 N–H and O–H groups in total. The molecule has 4 saturated carbocycles. The zero-order chi connectivity index (χ0) is 38.8. The van der Waals surface area contributed by atoms with Gasteiger partial charge in [0.15, 0.2) is 23.0 Å². The minimum Gasteiger partial charge on any atom is -0.493 e. The average molecular weight is 762 g/mol. The molecule has 2 aliphatic heterocycles. The molecule has 5 atom stereocenters. The predicted molar refractivity (Wildman–Crippen MR) is 206 cm³/mol. The van der Waals surface area contributed by atoms with Crippen molar-refractivity contribution >= 4 is 18.2 Å². The molecule has 6 fully saturated rings. The van der Waals surface area contributed by atoms with Crippen LogP contribution in [0.2, 0.25) is 0 Å². The minimum absolute atomic E-state index is 0.00993. The highest BCUT2D eigenvalue weighted by atomic mass is 16.6. The second-order valence-corrected chi connectivity index (χ2v) is 17.8. The molecule has 0 radical (unpaired) electrons. The number of amides is 2. The highest BCUT2D eigenvalue weighted by Gasteiger charge is 2.60. The highest BCUT2D eigenvalue weighted by Crippen LogP contribution is 2.66. The smallest absolute Gasteiger partial charge is 0.412 e. The van der Waals surface area contributed by atoms with E-state index in [2.05, 4.69) is 29.4 Å². The van der Waals surface area contributed by atoms with E-state index >= 15 is 0 Å². The van der Waals surface area contributed by atoms with Crippen LogP contribution in [-0.4, -0.2) is 89.3 Å². The van der Waals surface area contributed by atoms with Gasteiger partial charge in [-0.2, -0.15) is 0 Å². The van der Waals surface area contributed by atoms with Crippen molar-refractivity contribution < 1.29 is 42.8 Å². The summed E-state index contributed by atoms with van der Waals surface area (Å²) < 4.78 is 33.4. The van der Waals surface area contributed by atoms with Gasteiger partial charge in [0.25, 0.3) is 0 Å². The van der Waals surface area contributed by atoms with Crippen molar-refractivity contribution in [2.24, 2.45) is 34.5 Å². The lowest BCUT2D eigenvalue weighted by Gasteiger charge is -2.65. The number of cyclic esters (lactones) is 1. The zero-order valence-corrected chi connectivity index (χ0v) is 33.2. The predicted octanol–water partition coefficient (Wildman–Crippen LogP) is 6.56. The number of carbonyl (C=O) groups excluding carboxylic acids is 3. The van der Waals surface area contributed by atoms with Crippen LogP contribution in [0, 0.1) is 34.5 Å². The number of ether oxygens (including phenoxy) is 6. The van der Waals surface area contributed by atoms with Gasteiger partial charge >= 0.3 is 18.2 Å². The number of alkyl carbamates (subject to hydrolysis) is 1. The molecule has 0 spiro atoms. The van der Waals surface area contributed by atoms with Crippen molar-refractivity contribution in [3.8, 4) is 23.0 Å². The fraction of sp³-hybridized carbons (Fsp3) is 0.651. The van der Waals surface area contributed by atoms with Gasteiger partial charge < -0.3 is 44.0 Å². The van der Waals surface area contributed by atoms with Gasteiger partial charge in [-0.25, -0.2) is 9.59 Å². The summed E-state index contributed by atoms with van der Waals surface area (Å²) in [4.78, 5) is 41.0. The molecular weight excluding hydrogens is 702 g/mol. The van der Waals surface area contributed by atoms with E-state index in [0.717, 1.165) is 56.3 Å². The van der Waals surface area contributed by atoms with Crippen LogP contribution in [0.1, 0.15) is 76.3 Å². The third kappa shape index (κ3) is 9.11. The number of carbonyl (C=O) groups is 3. The second kappa shape index (κ2) is 16.1. The molecule has 8 rings (SSSR count). The van der Waals surface area contributed by atoms with Crippen LogP contribution in [0.3, 0.4) is 0 Å². The molecule has 300 valence electrons. The minimum atomic E-state index is -0.568. The molecule has 12 heteroatoms. The molecule has 2 heterocycles. The Morgan fingerprint density at radius 1 is 0.855 bits per heavy atom. The van der Waals surface area contributed by atoms with Crippen LogP contribution in [-0.2, 0) is 27.1 Å². The summed E-state index contributed by atoms with van der Waals surface area (Å²) >= 11 is 0. The van der Waals surface area contributed by atoms with E-state index in [9.17, 15) is 14.4 Å². The molecule has 12 nitrogen and oxygen atoms in total. The Morgan fingerprint density at radius 3 is 2.22 bits per heavy atom. The fourth-order valence-corrected chi connectivity index (χ4v) is 11.5. The van der Waals surface area contributed by atoms with Crippen molar-refractivity contribution in [2.75, 3.05) is 60.7 Å². The number of esters is 1. The summed E-state index contributed by atoms with van der Waals surface area (Å²) in [5, 5.41) is 6.23.